The van der Waals surface area contributed by atoms with Crippen LogP contribution in [0.15, 0.2) is 24.4 Å². The highest BCUT2D eigenvalue weighted by molar-refractivity contribution is 5.87. The van der Waals surface area contributed by atoms with Crippen LogP contribution in [0.1, 0.15) is 55.6 Å². The zero-order valence-corrected chi connectivity index (χ0v) is 16.4. The number of nitrogens with zero attached hydrogens (tertiary/aromatic N) is 3. The van der Waals surface area contributed by atoms with Crippen LogP contribution >= 0.6 is 0 Å². The number of aromatic carboxylic acids is 1. The smallest absolute Gasteiger partial charge is 0.410 e. The number of hydrogen-bond acceptors (Lipinski definition) is 5. The number of ether oxygens (including phenoxy) is 1. The normalized spacial score (nSPS) is 15.4. The third-order valence-electron chi connectivity index (χ3n) is 4.70. The molecule has 1 aromatic carbocycles. The lowest BCUT2D eigenvalue weighted by molar-refractivity contribution is -0.255. The Balaban J connectivity index is 1.87. The van der Waals surface area contributed by atoms with Crippen LogP contribution in [0.4, 0.5) is 13.6 Å². The zero-order valence-electron chi connectivity index (χ0n) is 16.4. The number of carboxylic acid groups (broad SMARTS) is 1. The molecule has 0 radical (unpaired) electrons. The molecule has 1 aliphatic heterocycles. The summed E-state index contributed by atoms with van der Waals surface area (Å²) >= 11 is 0. The van der Waals surface area contributed by atoms with E-state index in [1.165, 1.54) is 10.7 Å². The van der Waals surface area contributed by atoms with E-state index in [9.17, 15) is 23.5 Å². The molecule has 0 N–H and O–H groups in total. The number of carboxylic acids is 1. The lowest BCUT2D eigenvalue weighted by atomic mass is 9.91. The van der Waals surface area contributed by atoms with Crippen molar-refractivity contribution in [3.63, 3.8) is 0 Å². The molecule has 2 aromatic rings. The average molecular weight is 406 g/mol. The Morgan fingerprint density at radius 2 is 1.86 bits per heavy atom. The molecule has 0 atom stereocenters. The van der Waals surface area contributed by atoms with Gasteiger partial charge in [0, 0.05) is 30.6 Å². The van der Waals surface area contributed by atoms with Gasteiger partial charge in [-0.2, -0.15) is 5.10 Å². The summed E-state index contributed by atoms with van der Waals surface area (Å²) in [6.45, 7) is 6.03. The molecule has 1 fully saturated rings. The first-order valence-corrected chi connectivity index (χ1v) is 9.29. The number of rotatable bonds is 3. The number of hydrogen-bond donors (Lipinski definition) is 0. The Morgan fingerprint density at radius 3 is 2.41 bits per heavy atom. The fourth-order valence-corrected chi connectivity index (χ4v) is 3.42. The molecule has 29 heavy (non-hydrogen) atoms. The Kier molecular flexibility index (Phi) is 5.59. The van der Waals surface area contributed by atoms with E-state index in [1.54, 1.807) is 25.7 Å². The first-order valence-electron chi connectivity index (χ1n) is 9.29. The predicted octanol–water partition coefficient (Wildman–Crippen LogP) is 2.63. The molecule has 0 bridgehead atoms. The summed E-state index contributed by atoms with van der Waals surface area (Å²) in [7, 11) is 0. The van der Waals surface area contributed by atoms with Gasteiger partial charge < -0.3 is 19.5 Å². The summed E-state index contributed by atoms with van der Waals surface area (Å²) in [5.41, 5.74) is -0.540. The molecule has 0 aliphatic carbocycles. The van der Waals surface area contributed by atoms with Crippen molar-refractivity contribution in [2.24, 2.45) is 0 Å². The summed E-state index contributed by atoms with van der Waals surface area (Å²) in [6.07, 6.45) is 1.55. The average Bonchev–Trinajstić information content (AvgIpc) is 3.05. The predicted molar refractivity (Wildman–Crippen MR) is 97.6 cm³/mol. The van der Waals surface area contributed by atoms with Gasteiger partial charge in [-0.1, -0.05) is 0 Å². The van der Waals surface area contributed by atoms with Crippen molar-refractivity contribution in [3.8, 4) is 5.69 Å². The van der Waals surface area contributed by atoms with E-state index in [1.807, 2.05) is 0 Å². The first-order chi connectivity index (χ1) is 13.6. The minimum absolute atomic E-state index is 0.0523. The van der Waals surface area contributed by atoms with Gasteiger partial charge in [-0.05, 0) is 45.7 Å². The second-order valence-electron chi connectivity index (χ2n) is 7.98. The number of carbonyl (C=O) groups excluding carboxylic acids is 2. The zero-order chi connectivity index (χ0) is 21.3. The van der Waals surface area contributed by atoms with Gasteiger partial charge in [0.25, 0.3) is 0 Å². The maximum absolute atomic E-state index is 14.3. The molecule has 1 saturated heterocycles. The van der Waals surface area contributed by atoms with E-state index in [2.05, 4.69) is 5.10 Å². The van der Waals surface area contributed by atoms with Crippen molar-refractivity contribution in [2.75, 3.05) is 13.1 Å². The molecule has 7 nitrogen and oxygen atoms in total. The van der Waals surface area contributed by atoms with Crippen LogP contribution in [-0.4, -0.2) is 45.4 Å². The summed E-state index contributed by atoms with van der Waals surface area (Å²) in [5, 5.41) is 15.6. The second-order valence-corrected chi connectivity index (χ2v) is 7.98. The van der Waals surface area contributed by atoms with Gasteiger partial charge in [0.15, 0.2) is 5.82 Å². The number of halogens is 2. The van der Waals surface area contributed by atoms with E-state index in [-0.39, 0.29) is 22.9 Å². The number of piperidine rings is 1. The number of likely N-dealkylation sites (tertiary alicyclic amines) is 1. The van der Waals surface area contributed by atoms with Crippen LogP contribution in [0.5, 0.6) is 0 Å². The van der Waals surface area contributed by atoms with Gasteiger partial charge in [-0.3, -0.25) is 0 Å². The Bertz CT molecular complexity index is 928. The van der Waals surface area contributed by atoms with Gasteiger partial charge in [-0.25, -0.2) is 18.3 Å². The highest BCUT2D eigenvalue weighted by Crippen LogP contribution is 2.33. The van der Waals surface area contributed by atoms with Crippen LogP contribution in [0, 0.1) is 11.6 Å². The SMILES string of the molecule is CC(C)(C)OC(=O)N1CCC(c2c(C(=O)[O-])cnn2-c2ccc(F)cc2F)CC1. The topological polar surface area (TPSA) is 87.5 Å². The molecule has 0 spiro atoms. The summed E-state index contributed by atoms with van der Waals surface area (Å²) in [6, 6.07) is 2.99. The molecule has 0 unspecified atom stereocenters. The number of amides is 1. The molecule has 2 heterocycles. The maximum Gasteiger partial charge on any atom is 0.410 e. The molecule has 1 aromatic heterocycles. The third-order valence-corrected chi connectivity index (χ3v) is 4.70. The van der Waals surface area contributed by atoms with Crippen LogP contribution in [0.3, 0.4) is 0 Å². The lowest BCUT2D eigenvalue weighted by Gasteiger charge is -2.34. The largest absolute Gasteiger partial charge is 0.545 e. The molecule has 1 amide bonds. The van der Waals surface area contributed by atoms with Crippen molar-refractivity contribution in [1.29, 1.82) is 0 Å². The Morgan fingerprint density at radius 1 is 1.21 bits per heavy atom. The fraction of sp³-hybridized carbons (Fsp3) is 0.450. The monoisotopic (exact) mass is 406 g/mol. The molecule has 0 saturated carbocycles. The molecule has 9 heteroatoms. The molecular formula is C20H22F2N3O4-. The van der Waals surface area contributed by atoms with Crippen molar-refractivity contribution in [1.82, 2.24) is 14.7 Å². The van der Waals surface area contributed by atoms with E-state index in [4.69, 9.17) is 4.74 Å². The van der Waals surface area contributed by atoms with Gasteiger partial charge >= 0.3 is 6.09 Å². The molecule has 3 rings (SSSR count). The second kappa shape index (κ2) is 7.81. The van der Waals surface area contributed by atoms with Crippen molar-refractivity contribution >= 4 is 12.1 Å². The van der Waals surface area contributed by atoms with E-state index in [0.29, 0.717) is 32.0 Å². The Labute approximate surface area is 166 Å². The highest BCUT2D eigenvalue weighted by atomic mass is 19.1. The minimum Gasteiger partial charge on any atom is -0.545 e. The van der Waals surface area contributed by atoms with Crippen LogP contribution < -0.4 is 5.11 Å². The van der Waals surface area contributed by atoms with Gasteiger partial charge in [0.1, 0.15) is 17.1 Å². The van der Waals surface area contributed by atoms with Crippen molar-refractivity contribution in [2.45, 2.75) is 45.1 Å². The van der Waals surface area contributed by atoms with Crippen LogP contribution in [0.25, 0.3) is 5.69 Å². The first kappa shape index (κ1) is 20.8. The molecule has 1 aliphatic rings. The van der Waals surface area contributed by atoms with Crippen LogP contribution in [0.2, 0.25) is 0 Å². The van der Waals surface area contributed by atoms with Crippen molar-refractivity contribution < 1.29 is 28.2 Å². The van der Waals surface area contributed by atoms with Gasteiger partial charge in [0.2, 0.25) is 0 Å². The fourth-order valence-electron chi connectivity index (χ4n) is 3.42. The summed E-state index contributed by atoms with van der Waals surface area (Å²) < 4.78 is 34.1. The lowest BCUT2D eigenvalue weighted by Crippen LogP contribution is -2.41. The number of carbonyl (C=O) groups is 2. The highest BCUT2D eigenvalue weighted by Gasteiger charge is 2.31. The van der Waals surface area contributed by atoms with E-state index >= 15 is 0 Å². The quantitative estimate of drug-likeness (QED) is 0.782. The number of benzene rings is 1. The standard InChI is InChI=1S/C20H23F2N3O4/c1-20(2,3)29-19(28)24-8-6-12(7-9-24)17-14(18(26)27)11-23-25(17)16-5-4-13(21)10-15(16)22/h4-5,10-12H,6-9H2,1-3H3,(H,26,27)/p-1. The Hall–Kier alpha value is -2.97. The van der Waals surface area contributed by atoms with Crippen LogP contribution in [-0.2, 0) is 4.74 Å². The summed E-state index contributed by atoms with van der Waals surface area (Å²) in [5.74, 6) is -3.33. The van der Waals surface area contributed by atoms with Crippen molar-refractivity contribution in [3.05, 3.63) is 47.3 Å². The minimum atomic E-state index is -1.43. The maximum atomic E-state index is 14.3. The van der Waals surface area contributed by atoms with Gasteiger partial charge in [-0.15, -0.1) is 0 Å². The molecular weight excluding hydrogens is 384 g/mol. The summed E-state index contributed by atoms with van der Waals surface area (Å²) in [4.78, 5) is 25.4. The van der Waals surface area contributed by atoms with E-state index < -0.39 is 29.3 Å². The van der Waals surface area contributed by atoms with Gasteiger partial charge in [0.05, 0.1) is 17.9 Å². The van der Waals surface area contributed by atoms with E-state index in [0.717, 1.165) is 12.3 Å². The third kappa shape index (κ3) is 4.55. The molecule has 156 valence electrons. The number of aromatic nitrogens is 2.